The van der Waals surface area contributed by atoms with Gasteiger partial charge in [0, 0.05) is 12.0 Å². The van der Waals surface area contributed by atoms with E-state index >= 15 is 0 Å². The summed E-state index contributed by atoms with van der Waals surface area (Å²) in [6, 6.07) is 1.16. The van der Waals surface area contributed by atoms with E-state index in [1.807, 2.05) is 0 Å². The van der Waals surface area contributed by atoms with Gasteiger partial charge in [0.05, 0.1) is 6.07 Å². The SMILES string of the molecule is N#C[C@]1(C(=O)N[C@@H]2CCCN(CC(F)(F)F)C2=O)CC12CCCC2. The molecule has 3 rings (SSSR count). The molecule has 3 fully saturated rings. The van der Waals surface area contributed by atoms with Crippen LogP contribution in [0.4, 0.5) is 13.2 Å². The molecule has 1 heterocycles. The molecule has 1 spiro atoms. The molecule has 2 saturated carbocycles. The summed E-state index contributed by atoms with van der Waals surface area (Å²) in [6.45, 7) is -1.26. The molecule has 2 aliphatic carbocycles. The van der Waals surface area contributed by atoms with Crippen molar-refractivity contribution in [2.75, 3.05) is 13.1 Å². The molecule has 24 heavy (non-hydrogen) atoms. The predicted octanol–water partition coefficient (Wildman–Crippen LogP) is 2.13. The van der Waals surface area contributed by atoms with Crippen LogP contribution in [0.1, 0.15) is 44.9 Å². The van der Waals surface area contributed by atoms with E-state index in [4.69, 9.17) is 0 Å². The summed E-state index contributed by atoms with van der Waals surface area (Å²) in [4.78, 5) is 25.6. The summed E-state index contributed by atoms with van der Waals surface area (Å²) < 4.78 is 37.6. The van der Waals surface area contributed by atoms with Crippen LogP contribution in [0, 0.1) is 22.2 Å². The number of piperidine rings is 1. The van der Waals surface area contributed by atoms with Crippen LogP contribution in [-0.2, 0) is 9.59 Å². The molecule has 2 atom stereocenters. The molecule has 8 heteroatoms. The minimum atomic E-state index is -4.46. The highest BCUT2D eigenvalue weighted by Gasteiger charge is 2.73. The third-order valence-electron chi connectivity index (χ3n) is 5.73. The van der Waals surface area contributed by atoms with Crippen molar-refractivity contribution in [3.05, 3.63) is 0 Å². The zero-order valence-corrected chi connectivity index (χ0v) is 13.3. The zero-order chi connectivity index (χ0) is 17.6. The Morgan fingerprint density at radius 1 is 1.33 bits per heavy atom. The van der Waals surface area contributed by atoms with Gasteiger partial charge in [-0.05, 0) is 32.1 Å². The van der Waals surface area contributed by atoms with Gasteiger partial charge in [-0.25, -0.2) is 0 Å². The summed E-state index contributed by atoms with van der Waals surface area (Å²) in [7, 11) is 0. The standard InChI is InChI=1S/C16H20F3N3O2/c17-16(18,19)10-22-7-3-4-11(12(22)23)21-13(24)15(9-20)8-14(15)5-1-2-6-14/h11H,1-8,10H2,(H,21,24)/t11-,15+/m1/s1. The highest BCUT2D eigenvalue weighted by atomic mass is 19.4. The molecule has 0 unspecified atom stereocenters. The Hall–Kier alpha value is -1.78. The molecule has 5 nitrogen and oxygen atoms in total. The number of halogens is 3. The van der Waals surface area contributed by atoms with E-state index in [0.29, 0.717) is 19.3 Å². The number of hydrogen-bond donors (Lipinski definition) is 1. The summed E-state index contributed by atoms with van der Waals surface area (Å²) >= 11 is 0. The molecule has 2 amide bonds. The van der Waals surface area contributed by atoms with E-state index in [0.717, 1.165) is 30.6 Å². The lowest BCUT2D eigenvalue weighted by Gasteiger charge is -2.33. The second-order valence-corrected chi connectivity index (χ2v) is 7.22. The van der Waals surface area contributed by atoms with Crippen LogP contribution < -0.4 is 5.32 Å². The predicted molar refractivity (Wildman–Crippen MR) is 77.4 cm³/mol. The lowest BCUT2D eigenvalue weighted by Crippen LogP contribution is -2.55. The van der Waals surface area contributed by atoms with E-state index in [1.54, 1.807) is 0 Å². The number of carbonyl (C=O) groups is 2. The van der Waals surface area contributed by atoms with Crippen molar-refractivity contribution in [1.82, 2.24) is 10.2 Å². The van der Waals surface area contributed by atoms with Gasteiger partial charge in [-0.15, -0.1) is 0 Å². The van der Waals surface area contributed by atoms with Crippen LogP contribution in [0.5, 0.6) is 0 Å². The van der Waals surface area contributed by atoms with Crippen molar-refractivity contribution in [2.45, 2.75) is 57.2 Å². The maximum absolute atomic E-state index is 12.6. The Morgan fingerprint density at radius 3 is 2.58 bits per heavy atom. The fourth-order valence-corrected chi connectivity index (χ4v) is 4.38. The minimum absolute atomic E-state index is 0.0397. The number of nitrogens with zero attached hydrogens (tertiary/aromatic N) is 2. The van der Waals surface area contributed by atoms with Gasteiger partial charge >= 0.3 is 6.18 Å². The second-order valence-electron chi connectivity index (χ2n) is 7.22. The molecule has 1 saturated heterocycles. The molecule has 0 radical (unpaired) electrons. The van der Waals surface area contributed by atoms with E-state index in [9.17, 15) is 28.0 Å². The molecule has 0 bridgehead atoms. The first-order valence-corrected chi connectivity index (χ1v) is 8.31. The Morgan fingerprint density at radius 2 is 2.00 bits per heavy atom. The number of amides is 2. The fourth-order valence-electron chi connectivity index (χ4n) is 4.38. The van der Waals surface area contributed by atoms with E-state index in [2.05, 4.69) is 11.4 Å². The third kappa shape index (κ3) is 2.74. The van der Waals surface area contributed by atoms with Gasteiger partial charge < -0.3 is 10.2 Å². The Kier molecular flexibility index (Phi) is 4.01. The monoisotopic (exact) mass is 343 g/mol. The van der Waals surface area contributed by atoms with Crippen molar-refractivity contribution < 1.29 is 22.8 Å². The van der Waals surface area contributed by atoms with Crippen LogP contribution in [-0.4, -0.2) is 42.0 Å². The topological polar surface area (TPSA) is 73.2 Å². The first kappa shape index (κ1) is 17.1. The Balaban J connectivity index is 1.66. The molecular weight excluding hydrogens is 323 g/mol. The quantitative estimate of drug-likeness (QED) is 0.853. The van der Waals surface area contributed by atoms with Gasteiger partial charge in [-0.3, -0.25) is 9.59 Å². The number of nitrogens with one attached hydrogen (secondary N) is 1. The van der Waals surface area contributed by atoms with Crippen molar-refractivity contribution in [1.29, 1.82) is 5.26 Å². The van der Waals surface area contributed by atoms with Gasteiger partial charge in [0.15, 0.2) is 0 Å². The molecule has 0 aromatic heterocycles. The summed E-state index contributed by atoms with van der Waals surface area (Å²) in [5.41, 5.74) is -1.38. The van der Waals surface area contributed by atoms with Crippen LogP contribution in [0.15, 0.2) is 0 Å². The Bertz CT molecular complexity index is 592. The Labute approximate surface area is 138 Å². The van der Waals surface area contributed by atoms with E-state index in [-0.39, 0.29) is 12.0 Å². The lowest BCUT2D eigenvalue weighted by atomic mass is 9.90. The molecule has 1 N–H and O–H groups in total. The highest BCUT2D eigenvalue weighted by molar-refractivity contribution is 5.94. The van der Waals surface area contributed by atoms with Gasteiger partial charge in [-0.2, -0.15) is 18.4 Å². The van der Waals surface area contributed by atoms with Crippen LogP contribution in [0.2, 0.25) is 0 Å². The maximum atomic E-state index is 12.6. The molecular formula is C16H20F3N3O2. The normalized spacial score (nSPS) is 31.8. The van der Waals surface area contributed by atoms with Crippen LogP contribution in [0.3, 0.4) is 0 Å². The zero-order valence-electron chi connectivity index (χ0n) is 13.3. The summed E-state index contributed by atoms with van der Waals surface area (Å²) in [5, 5.41) is 12.1. The van der Waals surface area contributed by atoms with Gasteiger partial charge in [0.1, 0.15) is 18.0 Å². The smallest absolute Gasteiger partial charge is 0.343 e. The van der Waals surface area contributed by atoms with E-state index in [1.165, 1.54) is 0 Å². The van der Waals surface area contributed by atoms with Crippen molar-refractivity contribution >= 4 is 11.8 Å². The molecule has 3 aliphatic rings. The van der Waals surface area contributed by atoms with Gasteiger partial charge in [-0.1, -0.05) is 12.8 Å². The first-order valence-electron chi connectivity index (χ1n) is 8.31. The number of carbonyl (C=O) groups excluding carboxylic acids is 2. The number of alkyl halides is 3. The average Bonchev–Trinajstić information content (AvgIpc) is 2.88. The maximum Gasteiger partial charge on any atom is 0.406 e. The summed E-state index contributed by atoms with van der Waals surface area (Å²) in [6.07, 6.45) is 0.372. The number of likely N-dealkylation sites (tertiary alicyclic amines) is 1. The van der Waals surface area contributed by atoms with Crippen molar-refractivity contribution in [3.63, 3.8) is 0 Å². The third-order valence-corrected chi connectivity index (χ3v) is 5.73. The summed E-state index contributed by atoms with van der Waals surface area (Å²) in [5.74, 6) is -1.19. The molecule has 0 aromatic carbocycles. The average molecular weight is 343 g/mol. The van der Waals surface area contributed by atoms with Crippen molar-refractivity contribution in [3.8, 4) is 6.07 Å². The largest absolute Gasteiger partial charge is 0.406 e. The van der Waals surface area contributed by atoms with Crippen molar-refractivity contribution in [2.24, 2.45) is 10.8 Å². The lowest BCUT2D eigenvalue weighted by molar-refractivity contribution is -0.165. The van der Waals surface area contributed by atoms with E-state index < -0.39 is 36.0 Å². The van der Waals surface area contributed by atoms with Crippen LogP contribution in [0.25, 0.3) is 0 Å². The number of hydrogen-bond acceptors (Lipinski definition) is 3. The minimum Gasteiger partial charge on any atom is -0.343 e. The van der Waals surface area contributed by atoms with Crippen LogP contribution >= 0.6 is 0 Å². The fraction of sp³-hybridized carbons (Fsp3) is 0.812. The molecule has 132 valence electrons. The van der Waals surface area contributed by atoms with Gasteiger partial charge in [0.2, 0.25) is 11.8 Å². The second kappa shape index (κ2) is 5.64. The number of rotatable bonds is 3. The highest BCUT2D eigenvalue weighted by Crippen LogP contribution is 2.71. The van der Waals surface area contributed by atoms with Gasteiger partial charge in [0.25, 0.3) is 0 Å². The molecule has 0 aromatic rings. The molecule has 1 aliphatic heterocycles. The first-order chi connectivity index (χ1) is 11.2. The number of nitriles is 1.